The standard InChI is InChI=1S/C22H42N8O5S/c1-36-13-9-15(28-18(31)14(24)6-2-3-10-23)20(33)30-12-5-8-17(30)19(32)29-16(21(34)35)7-4-11-27-22(25)26/h14-17H,2-13,23-24H2,1H3,(H,28,31)(H,29,32)(H,34,35)(H4,25,26,27). The van der Waals surface area contributed by atoms with Gasteiger partial charge >= 0.3 is 5.97 Å². The van der Waals surface area contributed by atoms with E-state index in [0.717, 1.165) is 6.42 Å². The summed E-state index contributed by atoms with van der Waals surface area (Å²) in [7, 11) is 0. The van der Waals surface area contributed by atoms with Gasteiger partial charge < -0.3 is 43.6 Å². The van der Waals surface area contributed by atoms with Crippen molar-refractivity contribution in [1.29, 1.82) is 0 Å². The van der Waals surface area contributed by atoms with Crippen LogP contribution in [0.25, 0.3) is 0 Å². The Morgan fingerprint density at radius 3 is 2.42 bits per heavy atom. The van der Waals surface area contributed by atoms with Gasteiger partial charge in [0.25, 0.3) is 0 Å². The Hall–Kier alpha value is -2.58. The predicted molar refractivity (Wildman–Crippen MR) is 140 cm³/mol. The van der Waals surface area contributed by atoms with Gasteiger partial charge in [-0.3, -0.25) is 19.4 Å². The molecule has 1 saturated heterocycles. The zero-order valence-corrected chi connectivity index (χ0v) is 21.8. The van der Waals surface area contributed by atoms with Crippen molar-refractivity contribution in [3.8, 4) is 0 Å². The van der Waals surface area contributed by atoms with Crippen LogP contribution in [0.4, 0.5) is 0 Å². The van der Waals surface area contributed by atoms with Crippen LogP contribution in [0.1, 0.15) is 51.4 Å². The van der Waals surface area contributed by atoms with Crippen molar-refractivity contribution in [2.75, 3.05) is 31.6 Å². The van der Waals surface area contributed by atoms with Crippen molar-refractivity contribution in [3.05, 3.63) is 0 Å². The van der Waals surface area contributed by atoms with E-state index in [-0.39, 0.29) is 24.8 Å². The molecule has 206 valence electrons. The highest BCUT2D eigenvalue weighted by Crippen LogP contribution is 2.20. The quantitative estimate of drug-likeness (QED) is 0.0639. The van der Waals surface area contributed by atoms with Gasteiger partial charge in [-0.2, -0.15) is 11.8 Å². The zero-order valence-electron chi connectivity index (χ0n) is 21.0. The molecule has 14 heteroatoms. The van der Waals surface area contributed by atoms with E-state index in [0.29, 0.717) is 57.4 Å². The van der Waals surface area contributed by atoms with Gasteiger partial charge in [0.2, 0.25) is 17.7 Å². The Bertz CT molecular complexity index is 765. The van der Waals surface area contributed by atoms with E-state index in [9.17, 15) is 24.3 Å². The maximum atomic E-state index is 13.4. The number of carboxylic acid groups (broad SMARTS) is 1. The Balaban J connectivity index is 2.84. The number of hydrogen-bond donors (Lipinski definition) is 7. The molecule has 1 fully saturated rings. The predicted octanol–water partition coefficient (Wildman–Crippen LogP) is -1.71. The van der Waals surface area contributed by atoms with Crippen molar-refractivity contribution in [1.82, 2.24) is 15.5 Å². The van der Waals surface area contributed by atoms with Crippen LogP contribution in [0.5, 0.6) is 0 Å². The number of guanidine groups is 1. The van der Waals surface area contributed by atoms with E-state index < -0.39 is 42.0 Å². The monoisotopic (exact) mass is 530 g/mol. The minimum atomic E-state index is -1.18. The molecule has 11 N–H and O–H groups in total. The topological polar surface area (TPSA) is 232 Å². The summed E-state index contributed by atoms with van der Waals surface area (Å²) in [5, 5.41) is 14.8. The molecule has 0 bridgehead atoms. The summed E-state index contributed by atoms with van der Waals surface area (Å²) in [6.45, 7) is 1.09. The summed E-state index contributed by atoms with van der Waals surface area (Å²) in [6, 6.07) is -3.53. The number of aliphatic imine (C=N–C) groups is 1. The van der Waals surface area contributed by atoms with E-state index in [2.05, 4.69) is 15.6 Å². The number of nitrogens with one attached hydrogen (secondary N) is 2. The lowest BCUT2D eigenvalue weighted by atomic mass is 10.1. The van der Waals surface area contributed by atoms with Crippen LogP contribution < -0.4 is 33.6 Å². The van der Waals surface area contributed by atoms with Gasteiger partial charge in [-0.05, 0) is 63.5 Å². The number of aliphatic carboxylic acids is 1. The maximum absolute atomic E-state index is 13.4. The van der Waals surface area contributed by atoms with Gasteiger partial charge in [0.05, 0.1) is 6.04 Å². The van der Waals surface area contributed by atoms with Crippen molar-refractivity contribution in [2.24, 2.45) is 27.9 Å². The fourth-order valence-electron chi connectivity index (χ4n) is 3.94. The second kappa shape index (κ2) is 17.0. The first-order valence-electron chi connectivity index (χ1n) is 12.3. The fraction of sp³-hybridized carbons (Fsp3) is 0.773. The maximum Gasteiger partial charge on any atom is 0.326 e. The second-order valence-corrected chi connectivity index (χ2v) is 9.76. The number of carbonyl (C=O) groups excluding carboxylic acids is 3. The highest BCUT2D eigenvalue weighted by atomic mass is 32.2. The lowest BCUT2D eigenvalue weighted by Gasteiger charge is -2.30. The fourth-order valence-corrected chi connectivity index (χ4v) is 4.42. The smallest absolute Gasteiger partial charge is 0.326 e. The molecule has 0 aromatic rings. The van der Waals surface area contributed by atoms with Crippen LogP contribution in [0.2, 0.25) is 0 Å². The van der Waals surface area contributed by atoms with Crippen molar-refractivity contribution in [3.63, 3.8) is 0 Å². The first-order chi connectivity index (χ1) is 17.1. The number of carboxylic acids is 1. The number of likely N-dealkylation sites (tertiary alicyclic amines) is 1. The van der Waals surface area contributed by atoms with Gasteiger partial charge in [-0.15, -0.1) is 0 Å². The van der Waals surface area contributed by atoms with Crippen molar-refractivity contribution in [2.45, 2.75) is 75.5 Å². The summed E-state index contributed by atoms with van der Waals surface area (Å²) in [6.07, 6.45) is 5.69. The summed E-state index contributed by atoms with van der Waals surface area (Å²) in [5.41, 5.74) is 22.0. The molecule has 1 aliphatic rings. The van der Waals surface area contributed by atoms with Crippen molar-refractivity contribution >= 4 is 41.4 Å². The molecule has 3 amide bonds. The normalized spacial score (nSPS) is 17.6. The Labute approximate surface area is 216 Å². The summed E-state index contributed by atoms with van der Waals surface area (Å²) < 4.78 is 0. The van der Waals surface area contributed by atoms with Gasteiger partial charge in [0.1, 0.15) is 18.1 Å². The zero-order chi connectivity index (χ0) is 27.1. The molecule has 1 heterocycles. The lowest BCUT2D eigenvalue weighted by Crippen LogP contribution is -2.56. The van der Waals surface area contributed by atoms with Gasteiger partial charge in [-0.1, -0.05) is 6.42 Å². The number of unbranched alkanes of at least 4 members (excludes halogenated alkanes) is 1. The molecule has 4 unspecified atom stereocenters. The molecular formula is C22H42N8O5S. The van der Waals surface area contributed by atoms with Crippen LogP contribution in [0.3, 0.4) is 0 Å². The van der Waals surface area contributed by atoms with Crippen LogP contribution in [0, 0.1) is 0 Å². The summed E-state index contributed by atoms with van der Waals surface area (Å²) in [5.74, 6) is -1.98. The number of carbonyl (C=O) groups is 4. The molecule has 0 aromatic heterocycles. The molecule has 0 saturated carbocycles. The molecule has 0 radical (unpaired) electrons. The SMILES string of the molecule is CSCCC(NC(=O)C(N)CCCCN)C(=O)N1CCCC1C(=O)NC(CCCN=C(N)N)C(=O)O. The molecule has 13 nitrogen and oxygen atoms in total. The van der Waals surface area contributed by atoms with E-state index in [1.807, 2.05) is 6.26 Å². The first-order valence-corrected chi connectivity index (χ1v) is 13.7. The second-order valence-electron chi connectivity index (χ2n) is 8.77. The third kappa shape index (κ3) is 11.0. The molecule has 36 heavy (non-hydrogen) atoms. The number of amides is 3. The number of thioether (sulfide) groups is 1. The molecule has 0 aliphatic carbocycles. The Morgan fingerprint density at radius 2 is 1.81 bits per heavy atom. The Morgan fingerprint density at radius 1 is 1.08 bits per heavy atom. The van der Waals surface area contributed by atoms with E-state index in [1.54, 1.807) is 0 Å². The lowest BCUT2D eigenvalue weighted by molar-refractivity contribution is -0.145. The third-order valence-corrected chi connectivity index (χ3v) is 6.57. The van der Waals surface area contributed by atoms with Crippen molar-refractivity contribution < 1.29 is 24.3 Å². The summed E-state index contributed by atoms with van der Waals surface area (Å²) >= 11 is 1.54. The molecule has 4 atom stereocenters. The number of nitrogens with two attached hydrogens (primary N) is 4. The summed E-state index contributed by atoms with van der Waals surface area (Å²) in [4.78, 5) is 55.9. The highest BCUT2D eigenvalue weighted by molar-refractivity contribution is 7.98. The largest absolute Gasteiger partial charge is 0.480 e. The number of nitrogens with zero attached hydrogens (tertiary/aromatic N) is 2. The minimum absolute atomic E-state index is 0.0920. The van der Waals surface area contributed by atoms with E-state index in [1.165, 1.54) is 16.7 Å². The minimum Gasteiger partial charge on any atom is -0.480 e. The van der Waals surface area contributed by atoms with E-state index in [4.69, 9.17) is 22.9 Å². The van der Waals surface area contributed by atoms with E-state index >= 15 is 0 Å². The van der Waals surface area contributed by atoms with Gasteiger partial charge in [0.15, 0.2) is 5.96 Å². The highest BCUT2D eigenvalue weighted by Gasteiger charge is 2.38. The van der Waals surface area contributed by atoms with Crippen LogP contribution in [-0.2, 0) is 19.2 Å². The molecular weight excluding hydrogens is 488 g/mol. The Kier molecular flexibility index (Phi) is 14.8. The first kappa shape index (κ1) is 31.4. The number of hydrogen-bond acceptors (Lipinski definition) is 8. The number of rotatable bonds is 17. The van der Waals surface area contributed by atoms with Crippen LogP contribution in [-0.4, -0.2) is 95.5 Å². The third-order valence-electron chi connectivity index (χ3n) is 5.93. The van der Waals surface area contributed by atoms with Gasteiger partial charge in [-0.25, -0.2) is 4.79 Å². The molecule has 1 rings (SSSR count). The average Bonchev–Trinajstić information content (AvgIpc) is 3.32. The van der Waals surface area contributed by atoms with Crippen LogP contribution in [0.15, 0.2) is 4.99 Å². The molecule has 0 spiro atoms. The van der Waals surface area contributed by atoms with Gasteiger partial charge in [0, 0.05) is 13.1 Å². The molecule has 1 aliphatic heterocycles. The average molecular weight is 531 g/mol. The molecule has 0 aromatic carbocycles. The van der Waals surface area contributed by atoms with Crippen LogP contribution >= 0.6 is 11.8 Å².